The van der Waals surface area contributed by atoms with Gasteiger partial charge in [-0.3, -0.25) is 0 Å². The highest BCUT2D eigenvalue weighted by Crippen LogP contribution is 2.12. The number of ether oxygens (including phenoxy) is 1. The molecule has 0 fully saturated rings. The van der Waals surface area contributed by atoms with Crippen LogP contribution in [0.4, 0.5) is 0 Å². The lowest BCUT2D eigenvalue weighted by atomic mass is 10.0. The Bertz CT molecular complexity index is 489. The Hall–Kier alpha value is -1.02. The van der Waals surface area contributed by atoms with Crippen molar-refractivity contribution in [2.75, 3.05) is 34.3 Å². The second kappa shape index (κ2) is 13.2. The van der Waals surface area contributed by atoms with E-state index in [0.717, 1.165) is 31.2 Å². The monoisotopic (exact) mass is 462 g/mol. The molecule has 2 N–H and O–H groups in total. The summed E-state index contributed by atoms with van der Waals surface area (Å²) < 4.78 is 5.19. The predicted octanol–water partition coefficient (Wildman–Crippen LogP) is 3.34. The molecule has 0 aliphatic carbocycles. The molecule has 1 atom stereocenters. The molecule has 1 rings (SSSR count). The maximum Gasteiger partial charge on any atom is 0.191 e. The van der Waals surface area contributed by atoms with Gasteiger partial charge in [0.1, 0.15) is 5.75 Å². The lowest BCUT2D eigenvalue weighted by Crippen LogP contribution is -2.45. The van der Waals surface area contributed by atoms with Gasteiger partial charge in [-0.1, -0.05) is 26.0 Å². The van der Waals surface area contributed by atoms with E-state index in [9.17, 15) is 0 Å². The molecule has 5 nitrogen and oxygen atoms in total. The average molecular weight is 462 g/mol. The number of likely N-dealkylation sites (N-methyl/N-ethyl adjacent to an activating group) is 1. The maximum absolute atomic E-state index is 5.19. The van der Waals surface area contributed by atoms with Crippen LogP contribution in [0, 0.1) is 5.92 Å². The average Bonchev–Trinajstić information content (AvgIpc) is 2.56. The molecule has 0 radical (unpaired) electrons. The minimum absolute atomic E-state index is 0. The molecule has 0 heterocycles. The maximum atomic E-state index is 5.19. The highest BCUT2D eigenvalue weighted by molar-refractivity contribution is 14.0. The van der Waals surface area contributed by atoms with Crippen molar-refractivity contribution in [1.29, 1.82) is 0 Å². The summed E-state index contributed by atoms with van der Waals surface area (Å²) in [6.45, 7) is 9.00. The van der Waals surface area contributed by atoms with Crippen LogP contribution in [0.5, 0.6) is 5.75 Å². The Labute approximate surface area is 170 Å². The summed E-state index contributed by atoms with van der Waals surface area (Å²) in [5, 5.41) is 6.79. The first kappa shape index (κ1) is 24.0. The number of halogens is 1. The van der Waals surface area contributed by atoms with Gasteiger partial charge in [-0.25, -0.2) is 4.99 Å². The van der Waals surface area contributed by atoms with Crippen LogP contribution in [-0.4, -0.2) is 51.2 Å². The highest BCUT2D eigenvalue weighted by atomic mass is 127. The summed E-state index contributed by atoms with van der Waals surface area (Å²) in [5.41, 5.74) is 1.17. The number of hydrogen-bond acceptors (Lipinski definition) is 3. The van der Waals surface area contributed by atoms with Crippen LogP contribution in [-0.2, 0) is 6.54 Å². The molecule has 0 saturated carbocycles. The van der Waals surface area contributed by atoms with E-state index in [1.54, 1.807) is 7.11 Å². The fraction of sp³-hybridized carbons (Fsp3) is 0.632. The molecule has 0 aliphatic rings. The molecule has 1 aromatic carbocycles. The Morgan fingerprint density at radius 1 is 1.16 bits per heavy atom. The summed E-state index contributed by atoms with van der Waals surface area (Å²) >= 11 is 0. The van der Waals surface area contributed by atoms with E-state index in [0.29, 0.717) is 18.5 Å². The van der Waals surface area contributed by atoms with Gasteiger partial charge in [0.15, 0.2) is 5.96 Å². The summed E-state index contributed by atoms with van der Waals surface area (Å²) in [6, 6.07) is 8.53. The van der Waals surface area contributed by atoms with Gasteiger partial charge in [0.25, 0.3) is 0 Å². The molecule has 0 amide bonds. The van der Waals surface area contributed by atoms with E-state index in [4.69, 9.17) is 4.74 Å². The lowest BCUT2D eigenvalue weighted by Gasteiger charge is -2.27. The zero-order chi connectivity index (χ0) is 17.9. The van der Waals surface area contributed by atoms with Crippen molar-refractivity contribution < 1.29 is 4.74 Å². The summed E-state index contributed by atoms with van der Waals surface area (Å²) in [4.78, 5) is 6.96. The molecule has 1 aromatic rings. The van der Waals surface area contributed by atoms with Crippen molar-refractivity contribution in [2.24, 2.45) is 10.9 Å². The predicted molar refractivity (Wildman–Crippen MR) is 118 cm³/mol. The van der Waals surface area contributed by atoms with Gasteiger partial charge < -0.3 is 20.3 Å². The van der Waals surface area contributed by atoms with Crippen LogP contribution in [0.3, 0.4) is 0 Å². The number of nitrogens with zero attached hydrogens (tertiary/aromatic N) is 2. The van der Waals surface area contributed by atoms with Gasteiger partial charge in [-0.2, -0.15) is 0 Å². The smallest absolute Gasteiger partial charge is 0.191 e. The molecule has 25 heavy (non-hydrogen) atoms. The molecule has 0 aliphatic heterocycles. The van der Waals surface area contributed by atoms with Crippen LogP contribution < -0.4 is 15.4 Å². The summed E-state index contributed by atoms with van der Waals surface area (Å²) in [6.07, 6.45) is 1.16. The third-order valence-corrected chi connectivity index (χ3v) is 3.90. The summed E-state index contributed by atoms with van der Waals surface area (Å²) in [5.74, 6) is 2.41. The minimum atomic E-state index is 0. The first-order valence-electron chi connectivity index (χ1n) is 8.77. The van der Waals surface area contributed by atoms with E-state index in [1.807, 2.05) is 24.3 Å². The molecule has 6 heteroatoms. The van der Waals surface area contributed by atoms with Crippen molar-refractivity contribution in [1.82, 2.24) is 15.5 Å². The van der Waals surface area contributed by atoms with E-state index in [2.05, 4.69) is 55.4 Å². The molecular weight excluding hydrogens is 427 g/mol. The molecule has 144 valence electrons. The van der Waals surface area contributed by atoms with Crippen LogP contribution >= 0.6 is 24.0 Å². The van der Waals surface area contributed by atoms with Gasteiger partial charge in [0, 0.05) is 19.1 Å². The Kier molecular flexibility index (Phi) is 12.7. The van der Waals surface area contributed by atoms with E-state index in [1.165, 1.54) is 5.56 Å². The van der Waals surface area contributed by atoms with Crippen LogP contribution in [0.1, 0.15) is 32.8 Å². The minimum Gasteiger partial charge on any atom is -0.497 e. The first-order chi connectivity index (χ1) is 11.5. The number of hydrogen-bond donors (Lipinski definition) is 2. The zero-order valence-corrected chi connectivity index (χ0v) is 18.8. The van der Waals surface area contributed by atoms with Crippen LogP contribution in [0.25, 0.3) is 0 Å². The van der Waals surface area contributed by atoms with Gasteiger partial charge in [0.05, 0.1) is 13.7 Å². The molecule has 0 saturated heterocycles. The number of benzene rings is 1. The fourth-order valence-corrected chi connectivity index (χ4v) is 2.48. The Morgan fingerprint density at radius 3 is 2.28 bits per heavy atom. The Morgan fingerprint density at radius 2 is 1.80 bits per heavy atom. The zero-order valence-electron chi connectivity index (χ0n) is 16.5. The van der Waals surface area contributed by atoms with Crippen molar-refractivity contribution in [3.8, 4) is 5.75 Å². The van der Waals surface area contributed by atoms with Crippen molar-refractivity contribution in [2.45, 2.75) is 39.8 Å². The topological polar surface area (TPSA) is 48.9 Å². The van der Waals surface area contributed by atoms with Crippen LogP contribution in [0.15, 0.2) is 29.3 Å². The summed E-state index contributed by atoms with van der Waals surface area (Å²) in [7, 11) is 5.95. The third-order valence-electron chi connectivity index (χ3n) is 3.90. The van der Waals surface area contributed by atoms with Gasteiger partial charge in [-0.05, 0) is 51.1 Å². The molecule has 1 unspecified atom stereocenters. The van der Waals surface area contributed by atoms with Crippen molar-refractivity contribution in [3.05, 3.63) is 29.8 Å². The molecule has 0 bridgehead atoms. The van der Waals surface area contributed by atoms with Gasteiger partial charge >= 0.3 is 0 Å². The van der Waals surface area contributed by atoms with E-state index >= 15 is 0 Å². The second-order valence-corrected chi connectivity index (χ2v) is 6.67. The van der Waals surface area contributed by atoms with Gasteiger partial charge in [-0.15, -0.1) is 24.0 Å². The van der Waals surface area contributed by atoms with Gasteiger partial charge in [0.2, 0.25) is 0 Å². The van der Waals surface area contributed by atoms with E-state index in [-0.39, 0.29) is 24.0 Å². The first-order valence-corrected chi connectivity index (χ1v) is 8.77. The number of aliphatic imine (C=N–C) groups is 1. The Balaban J connectivity index is 0.00000576. The standard InChI is InChI=1S/C19H34N4O.HI/c1-7-20-19(22-14-17(23(4)5)12-15(2)3)21-13-16-8-10-18(24-6)11-9-16;/h8-11,15,17H,7,12-14H2,1-6H3,(H2,20,21,22);1H. The number of methoxy groups -OCH3 is 1. The number of guanidine groups is 1. The van der Waals surface area contributed by atoms with Crippen molar-refractivity contribution >= 4 is 29.9 Å². The third kappa shape index (κ3) is 9.89. The SMILES string of the molecule is CCNC(=NCc1ccc(OC)cc1)NCC(CC(C)C)N(C)C.I. The van der Waals surface area contributed by atoms with E-state index < -0.39 is 0 Å². The molecule has 0 aromatic heterocycles. The molecule has 0 spiro atoms. The fourth-order valence-electron chi connectivity index (χ4n) is 2.48. The second-order valence-electron chi connectivity index (χ2n) is 6.67. The van der Waals surface area contributed by atoms with Crippen molar-refractivity contribution in [3.63, 3.8) is 0 Å². The molecular formula is C19H35IN4O. The lowest BCUT2D eigenvalue weighted by molar-refractivity contribution is 0.254. The largest absolute Gasteiger partial charge is 0.497 e. The number of nitrogens with one attached hydrogen (secondary N) is 2. The normalized spacial score (nSPS) is 12.7. The highest BCUT2D eigenvalue weighted by Gasteiger charge is 2.13. The number of rotatable bonds is 9. The van der Waals surface area contributed by atoms with Crippen LogP contribution in [0.2, 0.25) is 0 Å². The quantitative estimate of drug-likeness (QED) is 0.336.